The Bertz CT molecular complexity index is 1170. The van der Waals surface area contributed by atoms with Crippen molar-refractivity contribution in [3.63, 3.8) is 0 Å². The predicted molar refractivity (Wildman–Crippen MR) is 111 cm³/mol. The fraction of sp³-hybridized carbons (Fsp3) is 0.105. The van der Waals surface area contributed by atoms with Gasteiger partial charge in [-0.3, -0.25) is 20.3 Å². The van der Waals surface area contributed by atoms with Gasteiger partial charge in [0.05, 0.1) is 23.2 Å². The fourth-order valence-electron chi connectivity index (χ4n) is 2.48. The summed E-state index contributed by atoms with van der Waals surface area (Å²) in [7, 11) is -2.55. The van der Waals surface area contributed by atoms with E-state index in [-0.39, 0.29) is 10.6 Å². The lowest BCUT2D eigenvalue weighted by molar-refractivity contribution is -0.384. The van der Waals surface area contributed by atoms with Crippen molar-refractivity contribution in [3.8, 4) is 5.75 Å². The van der Waals surface area contributed by atoms with Crippen molar-refractivity contribution >= 4 is 32.8 Å². The van der Waals surface area contributed by atoms with E-state index < -0.39 is 20.6 Å². The highest BCUT2D eigenvalue weighted by Crippen LogP contribution is 2.29. The van der Waals surface area contributed by atoms with Gasteiger partial charge in [0.15, 0.2) is 0 Å². The number of rotatable bonds is 8. The highest BCUT2D eigenvalue weighted by Gasteiger charge is 2.22. The van der Waals surface area contributed by atoms with Crippen molar-refractivity contribution < 1.29 is 22.5 Å². The number of nitro groups is 1. The first-order valence-corrected chi connectivity index (χ1v) is 10.1. The van der Waals surface area contributed by atoms with Crippen molar-refractivity contribution in [2.24, 2.45) is 5.10 Å². The molecule has 0 bridgehead atoms. The Morgan fingerprint density at radius 1 is 1.17 bits per heavy atom. The molecule has 30 heavy (non-hydrogen) atoms. The summed E-state index contributed by atoms with van der Waals surface area (Å²) in [5, 5.41) is 15.5. The summed E-state index contributed by atoms with van der Waals surface area (Å²) in [5.41, 5.74) is 2.93. The van der Waals surface area contributed by atoms with Crippen LogP contribution in [-0.2, 0) is 10.0 Å². The summed E-state index contributed by atoms with van der Waals surface area (Å²) < 4.78 is 37.9. The Kier molecular flexibility index (Phi) is 6.02. The molecule has 0 aliphatic rings. The molecule has 0 atom stereocenters. The molecule has 11 heteroatoms. The topological polar surface area (TPSA) is 136 Å². The van der Waals surface area contributed by atoms with E-state index in [0.29, 0.717) is 22.9 Å². The molecule has 0 unspecified atom stereocenters. The van der Waals surface area contributed by atoms with Gasteiger partial charge < -0.3 is 9.15 Å². The monoisotopic (exact) mass is 430 g/mol. The third-order valence-electron chi connectivity index (χ3n) is 4.04. The minimum atomic E-state index is -4.05. The van der Waals surface area contributed by atoms with Crippen LogP contribution in [0.2, 0.25) is 0 Å². The van der Waals surface area contributed by atoms with Crippen molar-refractivity contribution in [1.29, 1.82) is 0 Å². The van der Waals surface area contributed by atoms with Gasteiger partial charge in [0.1, 0.15) is 22.9 Å². The molecule has 1 aromatic heterocycles. The summed E-state index contributed by atoms with van der Waals surface area (Å²) in [4.78, 5) is 10.5. The average molecular weight is 430 g/mol. The van der Waals surface area contributed by atoms with Gasteiger partial charge in [-0.2, -0.15) is 5.10 Å². The summed E-state index contributed by atoms with van der Waals surface area (Å²) in [6.07, 6.45) is 1.48. The molecule has 3 aromatic rings. The molecule has 2 N–H and O–H groups in total. The highest BCUT2D eigenvalue weighted by molar-refractivity contribution is 7.92. The minimum Gasteiger partial charge on any atom is -0.497 e. The van der Waals surface area contributed by atoms with E-state index in [9.17, 15) is 18.5 Å². The van der Waals surface area contributed by atoms with Crippen LogP contribution < -0.4 is 14.9 Å². The number of nitrogens with zero attached hydrogens (tertiary/aromatic N) is 2. The quantitative estimate of drug-likeness (QED) is 0.315. The summed E-state index contributed by atoms with van der Waals surface area (Å²) in [5.74, 6) is 1.06. The fourth-order valence-corrected chi connectivity index (χ4v) is 3.56. The van der Waals surface area contributed by atoms with Crippen LogP contribution in [0.15, 0.2) is 75.3 Å². The molecule has 156 valence electrons. The first-order valence-electron chi connectivity index (χ1n) is 8.59. The number of hydrogen-bond acceptors (Lipinski definition) is 8. The lowest BCUT2D eigenvalue weighted by Crippen LogP contribution is -2.13. The molecule has 0 fully saturated rings. The number of ether oxygens (including phenoxy) is 1. The van der Waals surface area contributed by atoms with E-state index in [1.165, 1.54) is 37.6 Å². The van der Waals surface area contributed by atoms with Crippen LogP contribution in [0.4, 0.5) is 17.1 Å². The summed E-state index contributed by atoms with van der Waals surface area (Å²) in [6, 6.07) is 13.1. The number of benzene rings is 2. The van der Waals surface area contributed by atoms with E-state index in [0.717, 1.165) is 6.07 Å². The Morgan fingerprint density at radius 2 is 1.90 bits per heavy atom. The number of anilines is 2. The second kappa shape index (κ2) is 8.66. The van der Waals surface area contributed by atoms with Crippen molar-refractivity contribution in [1.82, 2.24) is 0 Å². The van der Waals surface area contributed by atoms with Gasteiger partial charge >= 0.3 is 0 Å². The van der Waals surface area contributed by atoms with Gasteiger partial charge in [0.2, 0.25) is 0 Å². The molecule has 10 nitrogen and oxygen atoms in total. The normalized spacial score (nSPS) is 11.7. The number of nitro benzene ring substituents is 1. The predicted octanol–water partition coefficient (Wildman–Crippen LogP) is 3.83. The molecule has 0 saturated heterocycles. The molecular weight excluding hydrogens is 412 g/mol. The summed E-state index contributed by atoms with van der Waals surface area (Å²) >= 11 is 0. The van der Waals surface area contributed by atoms with Gasteiger partial charge in [-0.05, 0) is 55.5 Å². The van der Waals surface area contributed by atoms with Gasteiger partial charge in [-0.1, -0.05) is 0 Å². The molecule has 0 radical (unpaired) electrons. The van der Waals surface area contributed by atoms with E-state index in [1.54, 1.807) is 31.2 Å². The Hall–Kier alpha value is -3.86. The standard InChI is InChI=1S/C19H18N4O6S/c1-13(19-4-3-11-29-19)20-21-17-10-9-16(12-18(17)23(24)25)30(26,27)22-14-5-7-15(28-2)8-6-14/h3-12,21-22H,1-2H3. The number of nitrogens with one attached hydrogen (secondary N) is 2. The minimum absolute atomic E-state index is 0.0364. The zero-order valence-electron chi connectivity index (χ0n) is 16.0. The zero-order chi connectivity index (χ0) is 21.7. The molecule has 0 aliphatic carbocycles. The first kappa shape index (κ1) is 20.9. The van der Waals surface area contributed by atoms with Crippen LogP contribution in [0.5, 0.6) is 5.75 Å². The van der Waals surface area contributed by atoms with Crippen LogP contribution in [0.1, 0.15) is 12.7 Å². The molecule has 0 amide bonds. The largest absolute Gasteiger partial charge is 0.497 e. The van der Waals surface area contributed by atoms with Crippen LogP contribution in [-0.4, -0.2) is 26.2 Å². The molecule has 0 saturated carbocycles. The van der Waals surface area contributed by atoms with E-state index in [4.69, 9.17) is 9.15 Å². The van der Waals surface area contributed by atoms with Crippen molar-refractivity contribution in [2.75, 3.05) is 17.3 Å². The third kappa shape index (κ3) is 4.75. The third-order valence-corrected chi connectivity index (χ3v) is 5.42. The number of methoxy groups -OCH3 is 1. The smallest absolute Gasteiger partial charge is 0.295 e. The van der Waals surface area contributed by atoms with E-state index >= 15 is 0 Å². The Balaban J connectivity index is 1.86. The number of sulfonamides is 1. The van der Waals surface area contributed by atoms with Crippen LogP contribution in [0.3, 0.4) is 0 Å². The summed E-state index contributed by atoms with van der Waals surface area (Å²) in [6.45, 7) is 1.66. The number of furan rings is 1. The maximum absolute atomic E-state index is 12.6. The van der Waals surface area contributed by atoms with E-state index in [1.807, 2.05) is 0 Å². The molecular formula is C19H18N4O6S. The van der Waals surface area contributed by atoms with Gasteiger partial charge in [0, 0.05) is 11.8 Å². The van der Waals surface area contributed by atoms with Crippen LogP contribution in [0, 0.1) is 10.1 Å². The molecule has 0 spiro atoms. The maximum atomic E-state index is 12.6. The second-order valence-corrected chi connectivity index (χ2v) is 7.74. The van der Waals surface area contributed by atoms with Gasteiger partial charge in [-0.25, -0.2) is 8.42 Å². The first-order chi connectivity index (χ1) is 14.3. The lowest BCUT2D eigenvalue weighted by Gasteiger charge is -2.10. The maximum Gasteiger partial charge on any atom is 0.295 e. The number of hydrazone groups is 1. The Labute approximate surface area is 172 Å². The van der Waals surface area contributed by atoms with Crippen molar-refractivity contribution in [2.45, 2.75) is 11.8 Å². The number of hydrogen-bond donors (Lipinski definition) is 2. The molecule has 3 rings (SSSR count). The lowest BCUT2D eigenvalue weighted by atomic mass is 10.3. The zero-order valence-corrected chi connectivity index (χ0v) is 16.8. The average Bonchev–Trinajstić information content (AvgIpc) is 3.27. The van der Waals surface area contributed by atoms with E-state index in [2.05, 4.69) is 15.2 Å². The van der Waals surface area contributed by atoms with Gasteiger partial charge in [-0.15, -0.1) is 0 Å². The second-order valence-electron chi connectivity index (χ2n) is 6.06. The van der Waals surface area contributed by atoms with Gasteiger partial charge in [0.25, 0.3) is 15.7 Å². The molecule has 2 aromatic carbocycles. The Morgan fingerprint density at radius 3 is 2.50 bits per heavy atom. The van der Waals surface area contributed by atoms with Crippen LogP contribution in [0.25, 0.3) is 0 Å². The van der Waals surface area contributed by atoms with Crippen molar-refractivity contribution in [3.05, 3.63) is 76.7 Å². The molecule has 1 heterocycles. The molecule has 0 aliphatic heterocycles. The SMILES string of the molecule is COc1ccc(NS(=O)(=O)c2ccc(NN=C(C)c3ccco3)c([N+](=O)[O-])c2)cc1. The van der Waals surface area contributed by atoms with Crippen LogP contribution >= 0.6 is 0 Å². The highest BCUT2D eigenvalue weighted by atomic mass is 32.2.